The first kappa shape index (κ1) is 19.4. The summed E-state index contributed by atoms with van der Waals surface area (Å²) in [5, 5.41) is 11.7. The summed E-state index contributed by atoms with van der Waals surface area (Å²) in [6.45, 7) is 8.55. The van der Waals surface area contributed by atoms with Crippen LogP contribution in [0.4, 0.5) is 0 Å². The van der Waals surface area contributed by atoms with Gasteiger partial charge in [0.2, 0.25) is 0 Å². The Morgan fingerprint density at radius 1 is 1.29 bits per heavy atom. The second-order valence-electron chi connectivity index (χ2n) is 5.96. The summed E-state index contributed by atoms with van der Waals surface area (Å²) in [4.78, 5) is 37.9. The first-order valence-corrected chi connectivity index (χ1v) is 7.79. The van der Waals surface area contributed by atoms with E-state index in [9.17, 15) is 14.4 Å². The highest BCUT2D eigenvalue weighted by molar-refractivity contribution is 5.83. The summed E-state index contributed by atoms with van der Waals surface area (Å²) in [5.41, 5.74) is 1.54. The fraction of sp³-hybridized carbons (Fsp3) is 0.529. The fourth-order valence-electron chi connectivity index (χ4n) is 2.36. The number of nitrogens with zero attached hydrogens (tertiary/aromatic N) is 1. The molecule has 0 spiro atoms. The van der Waals surface area contributed by atoms with Gasteiger partial charge in [0.15, 0.2) is 6.10 Å². The van der Waals surface area contributed by atoms with E-state index < -0.39 is 17.6 Å². The van der Waals surface area contributed by atoms with E-state index in [4.69, 9.17) is 10.00 Å². The number of hydrogen-bond donors (Lipinski definition) is 2. The third-order valence-electron chi connectivity index (χ3n) is 3.61. The predicted molar refractivity (Wildman–Crippen MR) is 88.4 cm³/mol. The van der Waals surface area contributed by atoms with E-state index in [1.54, 1.807) is 13.8 Å². The van der Waals surface area contributed by atoms with Crippen molar-refractivity contribution in [1.29, 1.82) is 5.26 Å². The van der Waals surface area contributed by atoms with Crippen LogP contribution < -0.4 is 10.9 Å². The molecule has 1 aromatic heterocycles. The van der Waals surface area contributed by atoms with E-state index in [1.165, 1.54) is 6.92 Å². The maximum absolute atomic E-state index is 11.9. The van der Waals surface area contributed by atoms with Crippen molar-refractivity contribution < 1.29 is 14.3 Å². The summed E-state index contributed by atoms with van der Waals surface area (Å²) >= 11 is 0. The van der Waals surface area contributed by atoms with E-state index in [0.29, 0.717) is 17.7 Å². The molecule has 0 aliphatic rings. The van der Waals surface area contributed by atoms with E-state index in [2.05, 4.69) is 10.3 Å². The van der Waals surface area contributed by atoms with E-state index in [1.807, 2.05) is 19.9 Å². The second-order valence-corrected chi connectivity index (χ2v) is 5.96. The van der Waals surface area contributed by atoms with Crippen molar-refractivity contribution >= 4 is 11.9 Å². The van der Waals surface area contributed by atoms with Gasteiger partial charge >= 0.3 is 5.97 Å². The molecular weight excluding hydrogens is 310 g/mol. The number of carbonyl (C=O) groups is 2. The molecule has 1 aromatic rings. The van der Waals surface area contributed by atoms with Crippen molar-refractivity contribution in [2.75, 3.05) is 0 Å². The van der Waals surface area contributed by atoms with Crippen molar-refractivity contribution in [2.45, 2.75) is 59.6 Å². The fourth-order valence-corrected chi connectivity index (χ4v) is 2.36. The Morgan fingerprint density at radius 3 is 2.46 bits per heavy atom. The molecule has 24 heavy (non-hydrogen) atoms. The zero-order chi connectivity index (χ0) is 18.4. The molecule has 130 valence electrons. The smallest absolute Gasteiger partial charge is 0.306 e. The first-order chi connectivity index (χ1) is 11.2. The lowest BCUT2D eigenvalue weighted by atomic mass is 9.99. The minimum absolute atomic E-state index is 0.0329. The SMILES string of the molecule is Cc1[nH]c(=O)c(C#N)c(C)c1CCC(=O)O[C@H](C)C(=O)NC(C)C. The van der Waals surface area contributed by atoms with Crippen LogP contribution in [-0.4, -0.2) is 29.0 Å². The van der Waals surface area contributed by atoms with Crippen LogP contribution in [0, 0.1) is 25.2 Å². The molecule has 0 saturated heterocycles. The average Bonchev–Trinajstić information content (AvgIpc) is 2.46. The van der Waals surface area contributed by atoms with E-state index in [0.717, 1.165) is 5.56 Å². The lowest BCUT2D eigenvalue weighted by Gasteiger charge is -2.16. The molecule has 0 aliphatic heterocycles. The molecule has 0 fully saturated rings. The summed E-state index contributed by atoms with van der Waals surface area (Å²) in [6, 6.07) is 1.84. The number of amides is 1. The quantitative estimate of drug-likeness (QED) is 0.761. The molecule has 0 unspecified atom stereocenters. The van der Waals surface area contributed by atoms with Crippen molar-refractivity contribution in [3.05, 3.63) is 32.7 Å². The van der Waals surface area contributed by atoms with Gasteiger partial charge in [0, 0.05) is 18.2 Å². The Kier molecular flexibility index (Phi) is 6.71. The molecule has 0 aromatic carbocycles. The number of nitrogens with one attached hydrogen (secondary N) is 2. The van der Waals surface area contributed by atoms with Crippen LogP contribution in [0.15, 0.2) is 4.79 Å². The number of aromatic nitrogens is 1. The molecule has 2 N–H and O–H groups in total. The Balaban J connectivity index is 2.74. The van der Waals surface area contributed by atoms with Gasteiger partial charge in [-0.1, -0.05) is 0 Å². The lowest BCUT2D eigenvalue weighted by Crippen LogP contribution is -2.39. The van der Waals surface area contributed by atoms with Gasteiger partial charge in [-0.05, 0) is 52.2 Å². The first-order valence-electron chi connectivity index (χ1n) is 7.79. The lowest BCUT2D eigenvalue weighted by molar-refractivity contribution is -0.154. The highest BCUT2D eigenvalue weighted by atomic mass is 16.5. The van der Waals surface area contributed by atoms with Gasteiger partial charge < -0.3 is 15.0 Å². The van der Waals surface area contributed by atoms with Gasteiger partial charge in [-0.15, -0.1) is 0 Å². The van der Waals surface area contributed by atoms with Crippen LogP contribution in [0.2, 0.25) is 0 Å². The van der Waals surface area contributed by atoms with Crippen LogP contribution >= 0.6 is 0 Å². The minimum atomic E-state index is -0.868. The molecule has 0 radical (unpaired) electrons. The zero-order valence-electron chi connectivity index (χ0n) is 14.6. The Hall–Kier alpha value is -2.62. The minimum Gasteiger partial charge on any atom is -0.453 e. The van der Waals surface area contributed by atoms with Gasteiger partial charge in [-0.2, -0.15) is 5.26 Å². The topological polar surface area (TPSA) is 112 Å². The summed E-state index contributed by atoms with van der Waals surface area (Å²) < 4.78 is 5.11. The highest BCUT2D eigenvalue weighted by Gasteiger charge is 2.19. The molecule has 7 nitrogen and oxygen atoms in total. The molecule has 1 amide bonds. The Morgan fingerprint density at radius 2 is 1.92 bits per heavy atom. The van der Waals surface area contributed by atoms with Gasteiger partial charge in [0.05, 0.1) is 0 Å². The van der Waals surface area contributed by atoms with Crippen LogP contribution in [0.3, 0.4) is 0 Å². The maximum atomic E-state index is 11.9. The molecule has 0 bridgehead atoms. The molecule has 1 rings (SSSR count). The largest absolute Gasteiger partial charge is 0.453 e. The van der Waals surface area contributed by atoms with Crippen LogP contribution in [0.1, 0.15) is 49.6 Å². The Labute approximate surface area is 141 Å². The number of esters is 1. The summed E-state index contributed by atoms with van der Waals surface area (Å²) in [6.07, 6.45) is -0.495. The highest BCUT2D eigenvalue weighted by Crippen LogP contribution is 2.15. The standard InChI is InChI=1S/C17H23N3O4/c1-9(2)19-16(22)12(5)24-15(21)7-6-13-10(3)14(8-18)17(23)20-11(13)4/h9,12H,6-7H2,1-5H3,(H,19,22)(H,20,23)/t12-/m1/s1. The van der Waals surface area contributed by atoms with E-state index in [-0.39, 0.29) is 23.9 Å². The molecule has 0 aliphatic carbocycles. The van der Waals surface area contributed by atoms with Crippen LogP contribution in [0.5, 0.6) is 0 Å². The normalized spacial score (nSPS) is 11.7. The number of carbonyl (C=O) groups excluding carboxylic acids is 2. The average molecular weight is 333 g/mol. The van der Waals surface area contributed by atoms with Gasteiger partial charge in [0.25, 0.3) is 11.5 Å². The third-order valence-corrected chi connectivity index (χ3v) is 3.61. The van der Waals surface area contributed by atoms with Gasteiger partial charge in [-0.25, -0.2) is 0 Å². The summed E-state index contributed by atoms with van der Waals surface area (Å²) in [5.74, 6) is -0.855. The van der Waals surface area contributed by atoms with Gasteiger partial charge in [-0.3, -0.25) is 14.4 Å². The Bertz CT molecular complexity index is 729. The number of hydrogen-bond acceptors (Lipinski definition) is 5. The molecule has 1 atom stereocenters. The van der Waals surface area contributed by atoms with Crippen molar-refractivity contribution in [3.63, 3.8) is 0 Å². The van der Waals surface area contributed by atoms with Crippen molar-refractivity contribution in [1.82, 2.24) is 10.3 Å². The van der Waals surface area contributed by atoms with Gasteiger partial charge in [0.1, 0.15) is 11.6 Å². The summed E-state index contributed by atoms with van der Waals surface area (Å²) in [7, 11) is 0. The van der Waals surface area contributed by atoms with Crippen molar-refractivity contribution in [3.8, 4) is 6.07 Å². The second kappa shape index (κ2) is 8.29. The number of rotatable bonds is 6. The molecule has 1 heterocycles. The zero-order valence-corrected chi connectivity index (χ0v) is 14.6. The number of pyridine rings is 1. The number of nitriles is 1. The maximum Gasteiger partial charge on any atom is 0.306 e. The molecule has 0 saturated carbocycles. The third kappa shape index (κ3) is 4.95. The number of H-pyrrole nitrogens is 1. The number of aryl methyl sites for hydroxylation is 1. The number of ether oxygens (including phenoxy) is 1. The van der Waals surface area contributed by atoms with Crippen molar-refractivity contribution in [2.24, 2.45) is 0 Å². The van der Waals surface area contributed by atoms with E-state index >= 15 is 0 Å². The van der Waals surface area contributed by atoms with Crippen LogP contribution in [-0.2, 0) is 20.7 Å². The monoisotopic (exact) mass is 333 g/mol. The molecule has 7 heteroatoms. The van der Waals surface area contributed by atoms with Crippen LogP contribution in [0.25, 0.3) is 0 Å². The predicted octanol–water partition coefficient (Wildman–Crippen LogP) is 1.25. The number of aromatic amines is 1. The molecular formula is C17H23N3O4.